The van der Waals surface area contributed by atoms with Gasteiger partial charge >= 0.3 is 0 Å². The van der Waals surface area contributed by atoms with E-state index >= 15 is 0 Å². The fourth-order valence-corrected chi connectivity index (χ4v) is 2.95. The molecular weight excluding hydrogens is 282 g/mol. The molecule has 0 radical (unpaired) electrons. The molecule has 1 aliphatic rings. The third-order valence-corrected chi connectivity index (χ3v) is 4.27. The number of rotatable bonds is 4. The van der Waals surface area contributed by atoms with Gasteiger partial charge in [-0.3, -0.25) is 0 Å². The van der Waals surface area contributed by atoms with E-state index in [2.05, 4.69) is 42.6 Å². The summed E-state index contributed by atoms with van der Waals surface area (Å²) in [6.45, 7) is 3.95. The molecule has 0 saturated carbocycles. The fraction of sp³-hybridized carbons (Fsp3) is 0.333. The molecule has 110 valence electrons. The summed E-state index contributed by atoms with van der Waals surface area (Å²) in [5.74, 6) is 1.49. The van der Waals surface area contributed by atoms with Gasteiger partial charge in [0.2, 0.25) is 0 Å². The maximum absolute atomic E-state index is 5.91. The monoisotopic (exact) mass is 301 g/mol. The zero-order chi connectivity index (χ0) is 14.7. The molecule has 2 aromatic carbocycles. The summed E-state index contributed by atoms with van der Waals surface area (Å²) in [6.07, 6.45) is 1.00. The molecule has 1 heterocycles. The molecular formula is C18H20ClNO. The van der Waals surface area contributed by atoms with Crippen molar-refractivity contribution >= 4 is 11.6 Å². The Hall–Kier alpha value is -1.51. The first kappa shape index (κ1) is 14.4. The summed E-state index contributed by atoms with van der Waals surface area (Å²) < 4.78 is 5.79. The van der Waals surface area contributed by atoms with Gasteiger partial charge in [-0.25, -0.2) is 0 Å². The molecule has 0 aromatic heterocycles. The van der Waals surface area contributed by atoms with Crippen molar-refractivity contribution in [2.45, 2.75) is 19.4 Å². The van der Waals surface area contributed by atoms with E-state index < -0.39 is 0 Å². The Kier molecular flexibility index (Phi) is 4.47. The van der Waals surface area contributed by atoms with Gasteiger partial charge in [0.1, 0.15) is 5.75 Å². The molecule has 2 nitrogen and oxygen atoms in total. The Morgan fingerprint density at radius 1 is 1.14 bits per heavy atom. The maximum Gasteiger partial charge on any atom is 0.124 e. The predicted octanol–water partition coefficient (Wildman–Crippen LogP) is 4.24. The molecule has 0 spiro atoms. The third-order valence-electron chi connectivity index (χ3n) is 4.02. The summed E-state index contributed by atoms with van der Waals surface area (Å²) in [7, 11) is 0. The number of hydrogen-bond donors (Lipinski definition) is 1. The summed E-state index contributed by atoms with van der Waals surface area (Å²) >= 11 is 5.91. The van der Waals surface area contributed by atoms with Crippen LogP contribution < -0.4 is 10.1 Å². The molecule has 0 saturated heterocycles. The van der Waals surface area contributed by atoms with E-state index in [1.807, 2.05) is 18.2 Å². The van der Waals surface area contributed by atoms with Gasteiger partial charge in [-0.15, -0.1) is 0 Å². The second kappa shape index (κ2) is 6.50. The van der Waals surface area contributed by atoms with E-state index in [0.29, 0.717) is 12.0 Å². The molecule has 0 bridgehead atoms. The molecule has 3 heteroatoms. The number of benzene rings is 2. The molecule has 0 fully saturated rings. The highest BCUT2D eigenvalue weighted by Crippen LogP contribution is 2.34. The summed E-state index contributed by atoms with van der Waals surface area (Å²) in [4.78, 5) is 0. The molecule has 1 aliphatic heterocycles. The zero-order valence-corrected chi connectivity index (χ0v) is 12.9. The Bertz CT molecular complexity index is 596. The lowest BCUT2D eigenvalue weighted by molar-refractivity contribution is 0.189. The molecule has 2 aromatic rings. The van der Waals surface area contributed by atoms with Crippen molar-refractivity contribution in [3.63, 3.8) is 0 Å². The summed E-state index contributed by atoms with van der Waals surface area (Å²) in [5, 5.41) is 4.47. The van der Waals surface area contributed by atoms with Crippen LogP contribution in [0.25, 0.3) is 0 Å². The van der Waals surface area contributed by atoms with E-state index in [9.17, 15) is 0 Å². The van der Waals surface area contributed by atoms with E-state index in [1.54, 1.807) is 0 Å². The van der Waals surface area contributed by atoms with Gasteiger partial charge in [0.15, 0.2) is 0 Å². The Labute approximate surface area is 131 Å². The Morgan fingerprint density at radius 2 is 1.90 bits per heavy atom. The van der Waals surface area contributed by atoms with E-state index in [0.717, 1.165) is 30.3 Å². The summed E-state index contributed by atoms with van der Waals surface area (Å²) in [6, 6.07) is 16.7. The molecule has 21 heavy (non-hydrogen) atoms. The van der Waals surface area contributed by atoms with Crippen LogP contribution in [0.4, 0.5) is 0 Å². The van der Waals surface area contributed by atoms with Gasteiger partial charge in [-0.1, -0.05) is 48.9 Å². The van der Waals surface area contributed by atoms with Crippen molar-refractivity contribution < 1.29 is 4.74 Å². The number of hydrogen-bond acceptors (Lipinski definition) is 2. The predicted molar refractivity (Wildman–Crippen MR) is 87.0 cm³/mol. The van der Waals surface area contributed by atoms with Crippen LogP contribution >= 0.6 is 11.6 Å². The minimum atomic E-state index is 0.363. The van der Waals surface area contributed by atoms with Crippen molar-refractivity contribution in [2.24, 2.45) is 5.92 Å². The van der Waals surface area contributed by atoms with Crippen LogP contribution in [0.5, 0.6) is 5.75 Å². The van der Waals surface area contributed by atoms with Crippen LogP contribution in [0, 0.1) is 5.92 Å². The van der Waals surface area contributed by atoms with E-state index in [-0.39, 0.29) is 0 Å². The molecule has 2 unspecified atom stereocenters. The van der Waals surface area contributed by atoms with Crippen LogP contribution in [0.15, 0.2) is 48.5 Å². The van der Waals surface area contributed by atoms with Crippen LogP contribution in [-0.4, -0.2) is 13.2 Å². The minimum Gasteiger partial charge on any atom is -0.493 e. The second-order valence-corrected chi connectivity index (χ2v) is 6.07. The molecule has 0 aliphatic carbocycles. The van der Waals surface area contributed by atoms with E-state index in [4.69, 9.17) is 16.3 Å². The average molecular weight is 302 g/mol. The highest BCUT2D eigenvalue weighted by molar-refractivity contribution is 6.30. The maximum atomic E-state index is 5.91. The number of para-hydroxylation sites is 1. The smallest absolute Gasteiger partial charge is 0.124 e. The number of ether oxygens (including phenoxy) is 1. The van der Waals surface area contributed by atoms with Crippen LogP contribution in [0.3, 0.4) is 0 Å². The molecule has 0 amide bonds. The molecule has 2 atom stereocenters. The molecule has 3 rings (SSSR count). The SMILES string of the molecule is CC1COc2ccccc2C1NCCc1ccc(Cl)cc1. The number of halogens is 1. The standard InChI is InChI=1S/C18H20ClNO/c1-13-12-21-17-5-3-2-4-16(17)18(13)20-11-10-14-6-8-15(19)9-7-14/h2-9,13,18,20H,10-12H2,1H3. The second-order valence-electron chi connectivity index (χ2n) is 5.63. The van der Waals surface area contributed by atoms with Gasteiger partial charge in [0, 0.05) is 22.5 Å². The first-order valence-electron chi connectivity index (χ1n) is 7.43. The average Bonchev–Trinajstić information content (AvgIpc) is 2.51. The topological polar surface area (TPSA) is 21.3 Å². The lowest BCUT2D eigenvalue weighted by atomic mass is 9.92. The first-order valence-corrected chi connectivity index (χ1v) is 7.81. The molecule has 1 N–H and O–H groups in total. The van der Waals surface area contributed by atoms with Gasteiger partial charge in [-0.2, -0.15) is 0 Å². The van der Waals surface area contributed by atoms with Gasteiger partial charge < -0.3 is 10.1 Å². The zero-order valence-electron chi connectivity index (χ0n) is 12.2. The third kappa shape index (κ3) is 3.39. The quantitative estimate of drug-likeness (QED) is 0.912. The number of fused-ring (bicyclic) bond motifs is 1. The van der Waals surface area contributed by atoms with Crippen molar-refractivity contribution in [2.75, 3.05) is 13.2 Å². The highest BCUT2D eigenvalue weighted by Gasteiger charge is 2.26. The van der Waals surface area contributed by atoms with Gasteiger partial charge in [-0.05, 0) is 36.7 Å². The van der Waals surface area contributed by atoms with Crippen LogP contribution in [0.2, 0.25) is 5.02 Å². The lowest BCUT2D eigenvalue weighted by Crippen LogP contribution is -2.35. The van der Waals surface area contributed by atoms with Crippen LogP contribution in [0.1, 0.15) is 24.1 Å². The lowest BCUT2D eigenvalue weighted by Gasteiger charge is -2.32. The largest absolute Gasteiger partial charge is 0.493 e. The normalized spacial score (nSPS) is 20.7. The number of nitrogens with one attached hydrogen (secondary N) is 1. The van der Waals surface area contributed by atoms with Crippen molar-refractivity contribution in [3.8, 4) is 5.75 Å². The van der Waals surface area contributed by atoms with Gasteiger partial charge in [0.25, 0.3) is 0 Å². The van der Waals surface area contributed by atoms with E-state index in [1.165, 1.54) is 11.1 Å². The van der Waals surface area contributed by atoms with Crippen molar-refractivity contribution in [1.29, 1.82) is 0 Å². The Morgan fingerprint density at radius 3 is 2.71 bits per heavy atom. The minimum absolute atomic E-state index is 0.363. The van der Waals surface area contributed by atoms with Crippen molar-refractivity contribution in [1.82, 2.24) is 5.32 Å². The first-order chi connectivity index (χ1) is 10.2. The van der Waals surface area contributed by atoms with Crippen LogP contribution in [-0.2, 0) is 6.42 Å². The van der Waals surface area contributed by atoms with Crippen molar-refractivity contribution in [3.05, 3.63) is 64.7 Å². The van der Waals surface area contributed by atoms with Gasteiger partial charge in [0.05, 0.1) is 6.61 Å². The Balaban J connectivity index is 1.63. The summed E-state index contributed by atoms with van der Waals surface area (Å²) in [5.41, 5.74) is 2.58. The fourth-order valence-electron chi connectivity index (χ4n) is 2.83. The highest BCUT2D eigenvalue weighted by atomic mass is 35.5.